The third-order valence-electron chi connectivity index (χ3n) is 4.89. The minimum Gasteiger partial charge on any atom is -0.486 e. The van der Waals surface area contributed by atoms with Gasteiger partial charge < -0.3 is 19.5 Å². The molecule has 0 aliphatic heterocycles. The van der Waals surface area contributed by atoms with Crippen molar-refractivity contribution < 1.29 is 13.9 Å². The van der Waals surface area contributed by atoms with E-state index in [1.165, 1.54) is 5.56 Å². The second kappa shape index (κ2) is 8.06. The molecule has 4 rings (SSSR count). The summed E-state index contributed by atoms with van der Waals surface area (Å²) in [5, 5.41) is 2.84. The highest BCUT2D eigenvalue weighted by atomic mass is 16.5. The molecule has 0 unspecified atom stereocenters. The summed E-state index contributed by atoms with van der Waals surface area (Å²) in [5.74, 6) is 2.04. The van der Waals surface area contributed by atoms with Gasteiger partial charge in [0.25, 0.3) is 5.91 Å². The van der Waals surface area contributed by atoms with Gasteiger partial charge in [0.2, 0.25) is 0 Å². The molecule has 0 aliphatic carbocycles. The lowest BCUT2D eigenvalue weighted by atomic mass is 9.87. The van der Waals surface area contributed by atoms with Crippen LogP contribution in [0.4, 0.5) is 0 Å². The van der Waals surface area contributed by atoms with E-state index in [9.17, 15) is 4.79 Å². The number of aromatic amines is 1. The van der Waals surface area contributed by atoms with Crippen molar-refractivity contribution in [1.29, 1.82) is 0 Å². The van der Waals surface area contributed by atoms with Crippen molar-refractivity contribution in [2.75, 3.05) is 0 Å². The predicted octanol–water partition coefficient (Wildman–Crippen LogP) is 4.96. The van der Waals surface area contributed by atoms with Crippen molar-refractivity contribution in [3.8, 4) is 5.75 Å². The number of hydrogen-bond acceptors (Lipinski definition) is 4. The Bertz CT molecular complexity index is 1140. The van der Waals surface area contributed by atoms with Crippen LogP contribution in [0.2, 0.25) is 0 Å². The molecule has 0 fully saturated rings. The summed E-state index contributed by atoms with van der Waals surface area (Å²) in [5.41, 5.74) is 3.51. The third-order valence-corrected chi connectivity index (χ3v) is 4.89. The highest BCUT2D eigenvalue weighted by Crippen LogP contribution is 2.24. The molecule has 0 saturated carbocycles. The van der Waals surface area contributed by atoms with Gasteiger partial charge in [-0.25, -0.2) is 4.98 Å². The largest absolute Gasteiger partial charge is 0.486 e. The fourth-order valence-electron chi connectivity index (χ4n) is 3.16. The van der Waals surface area contributed by atoms with Crippen molar-refractivity contribution in [2.45, 2.75) is 39.3 Å². The van der Waals surface area contributed by atoms with Crippen LogP contribution < -0.4 is 10.1 Å². The van der Waals surface area contributed by atoms with Gasteiger partial charge in [-0.15, -0.1) is 0 Å². The first-order chi connectivity index (χ1) is 14.4. The number of furan rings is 1. The maximum atomic E-state index is 12.4. The van der Waals surface area contributed by atoms with Gasteiger partial charge in [0, 0.05) is 5.56 Å². The van der Waals surface area contributed by atoms with Crippen molar-refractivity contribution >= 4 is 16.9 Å². The van der Waals surface area contributed by atoms with E-state index < -0.39 is 0 Å². The number of fused-ring (bicyclic) bond motifs is 1. The molecule has 154 valence electrons. The molecule has 2 heterocycles. The second-order valence-electron chi connectivity index (χ2n) is 8.24. The van der Waals surface area contributed by atoms with Crippen LogP contribution in [-0.2, 0) is 18.6 Å². The average Bonchev–Trinajstić information content (AvgIpc) is 3.39. The molecule has 0 bridgehead atoms. The van der Waals surface area contributed by atoms with E-state index in [1.54, 1.807) is 24.5 Å². The molecule has 2 N–H and O–H groups in total. The molecule has 6 heteroatoms. The van der Waals surface area contributed by atoms with E-state index in [0.29, 0.717) is 30.3 Å². The quantitative estimate of drug-likeness (QED) is 0.477. The molecule has 30 heavy (non-hydrogen) atoms. The van der Waals surface area contributed by atoms with Gasteiger partial charge in [0.1, 0.15) is 23.9 Å². The molecule has 6 nitrogen and oxygen atoms in total. The van der Waals surface area contributed by atoms with Gasteiger partial charge in [-0.05, 0) is 53.4 Å². The first-order valence-corrected chi connectivity index (χ1v) is 9.91. The zero-order valence-corrected chi connectivity index (χ0v) is 17.4. The van der Waals surface area contributed by atoms with Gasteiger partial charge in [0.05, 0.1) is 23.8 Å². The molecule has 2 aromatic carbocycles. The topological polar surface area (TPSA) is 80.2 Å². The van der Waals surface area contributed by atoms with E-state index >= 15 is 0 Å². The number of amides is 1. The summed E-state index contributed by atoms with van der Waals surface area (Å²) in [6.45, 7) is 7.22. The van der Waals surface area contributed by atoms with Crippen molar-refractivity contribution in [1.82, 2.24) is 15.3 Å². The number of carbonyl (C=O) groups is 1. The Morgan fingerprint density at radius 1 is 1.13 bits per heavy atom. The minimum absolute atomic E-state index is 0.110. The number of nitrogens with zero attached hydrogens (tertiary/aromatic N) is 1. The summed E-state index contributed by atoms with van der Waals surface area (Å²) < 4.78 is 11.1. The van der Waals surface area contributed by atoms with E-state index in [2.05, 4.69) is 48.2 Å². The molecular formula is C24H25N3O3. The normalized spacial score (nSPS) is 11.6. The number of carbonyl (C=O) groups excluding carboxylic acids is 1. The van der Waals surface area contributed by atoms with Gasteiger partial charge in [-0.2, -0.15) is 0 Å². The van der Waals surface area contributed by atoms with Crippen LogP contribution in [0.3, 0.4) is 0 Å². The summed E-state index contributed by atoms with van der Waals surface area (Å²) in [7, 11) is 0. The number of imidazole rings is 1. The molecule has 4 aromatic rings. The monoisotopic (exact) mass is 403 g/mol. The van der Waals surface area contributed by atoms with Crippen LogP contribution in [0.5, 0.6) is 5.75 Å². The van der Waals surface area contributed by atoms with Crippen LogP contribution in [0.15, 0.2) is 65.3 Å². The molecule has 0 spiro atoms. The highest BCUT2D eigenvalue weighted by molar-refractivity contribution is 5.97. The predicted molar refractivity (Wildman–Crippen MR) is 115 cm³/mol. The lowest BCUT2D eigenvalue weighted by Crippen LogP contribution is -2.22. The van der Waals surface area contributed by atoms with E-state index in [4.69, 9.17) is 9.15 Å². The fraction of sp³-hybridized carbons (Fsp3) is 0.250. The van der Waals surface area contributed by atoms with Crippen LogP contribution in [-0.4, -0.2) is 15.9 Å². The Morgan fingerprint density at radius 2 is 1.93 bits per heavy atom. The van der Waals surface area contributed by atoms with Gasteiger partial charge in [-0.3, -0.25) is 4.79 Å². The zero-order valence-electron chi connectivity index (χ0n) is 17.4. The standard InChI is InChI=1S/C24H25N3O3/c1-24(2,3)17-7-9-18(10-8-17)30-15-22-26-20-11-6-16(13-21(20)27-22)23(28)25-14-19-5-4-12-29-19/h4-13H,14-15H2,1-3H3,(H,25,28)(H,26,27). The van der Waals surface area contributed by atoms with Gasteiger partial charge in [0.15, 0.2) is 0 Å². The number of ether oxygens (including phenoxy) is 1. The van der Waals surface area contributed by atoms with E-state index in [-0.39, 0.29) is 11.3 Å². The Kier molecular flexibility index (Phi) is 5.31. The number of nitrogens with one attached hydrogen (secondary N) is 2. The molecule has 2 aromatic heterocycles. The minimum atomic E-state index is -0.167. The Labute approximate surface area is 175 Å². The Morgan fingerprint density at radius 3 is 2.63 bits per heavy atom. The van der Waals surface area contributed by atoms with Crippen molar-refractivity contribution in [3.63, 3.8) is 0 Å². The maximum Gasteiger partial charge on any atom is 0.251 e. The molecule has 0 saturated heterocycles. The maximum absolute atomic E-state index is 12.4. The summed E-state index contributed by atoms with van der Waals surface area (Å²) in [6, 6.07) is 17.1. The first kappa shape index (κ1) is 19.8. The summed E-state index contributed by atoms with van der Waals surface area (Å²) in [6.07, 6.45) is 1.58. The van der Waals surface area contributed by atoms with E-state index in [1.807, 2.05) is 24.3 Å². The second-order valence-corrected chi connectivity index (χ2v) is 8.24. The number of hydrogen-bond donors (Lipinski definition) is 2. The average molecular weight is 403 g/mol. The molecule has 0 aliphatic rings. The Balaban J connectivity index is 1.40. The zero-order chi connectivity index (χ0) is 21.1. The van der Waals surface area contributed by atoms with Crippen LogP contribution >= 0.6 is 0 Å². The third kappa shape index (κ3) is 4.54. The lowest BCUT2D eigenvalue weighted by Gasteiger charge is -2.19. The van der Waals surface area contributed by atoms with Crippen LogP contribution in [0.25, 0.3) is 11.0 Å². The van der Waals surface area contributed by atoms with Gasteiger partial charge in [-0.1, -0.05) is 32.9 Å². The number of aromatic nitrogens is 2. The fourth-order valence-corrected chi connectivity index (χ4v) is 3.16. The Hall–Kier alpha value is -3.54. The van der Waals surface area contributed by atoms with Crippen molar-refractivity contribution in [3.05, 3.63) is 83.6 Å². The number of benzene rings is 2. The SMILES string of the molecule is CC(C)(C)c1ccc(OCc2nc3ccc(C(=O)NCc4ccco4)cc3[nH]2)cc1. The van der Waals surface area contributed by atoms with E-state index in [0.717, 1.165) is 16.8 Å². The molecule has 0 radical (unpaired) electrons. The molecule has 1 amide bonds. The molecule has 0 atom stereocenters. The van der Waals surface area contributed by atoms with Crippen molar-refractivity contribution in [2.24, 2.45) is 0 Å². The first-order valence-electron chi connectivity index (χ1n) is 9.91. The lowest BCUT2D eigenvalue weighted by molar-refractivity contribution is 0.0948. The number of rotatable bonds is 6. The summed E-state index contributed by atoms with van der Waals surface area (Å²) >= 11 is 0. The van der Waals surface area contributed by atoms with Crippen LogP contribution in [0, 0.1) is 0 Å². The van der Waals surface area contributed by atoms with Crippen LogP contribution in [0.1, 0.15) is 48.3 Å². The smallest absolute Gasteiger partial charge is 0.251 e. The highest BCUT2D eigenvalue weighted by Gasteiger charge is 2.13. The molecular weight excluding hydrogens is 378 g/mol. The summed E-state index contributed by atoms with van der Waals surface area (Å²) in [4.78, 5) is 20.2. The van der Waals surface area contributed by atoms with Gasteiger partial charge >= 0.3 is 0 Å². The number of H-pyrrole nitrogens is 1.